The molecule has 0 radical (unpaired) electrons. The van der Waals surface area contributed by atoms with Crippen LogP contribution in [0.25, 0.3) is 0 Å². The van der Waals surface area contributed by atoms with Gasteiger partial charge in [-0.1, -0.05) is 41.9 Å². The first-order valence-electron chi connectivity index (χ1n) is 7.55. The molecule has 0 aliphatic carbocycles. The molecule has 0 saturated heterocycles. The summed E-state index contributed by atoms with van der Waals surface area (Å²) in [6.45, 7) is 5.83. The van der Waals surface area contributed by atoms with Crippen LogP contribution in [-0.2, 0) is 0 Å². The summed E-state index contributed by atoms with van der Waals surface area (Å²) in [5.41, 5.74) is 1.96. The van der Waals surface area contributed by atoms with Gasteiger partial charge < -0.3 is 0 Å². The quantitative estimate of drug-likeness (QED) is 0.387. The molecule has 0 unspecified atom stereocenters. The predicted octanol–water partition coefficient (Wildman–Crippen LogP) is 4.05. The normalized spacial score (nSPS) is 13.1. The number of aromatic nitrogens is 1. The molecule has 0 amide bonds. The fraction of sp³-hybridized carbons (Fsp3) is 0.278. The molecule has 1 aromatic heterocycles. The molecular formula is C18H21ClN4O. The zero-order valence-electron chi connectivity index (χ0n) is 14.2. The molecular weight excluding hydrogens is 324 g/mol. The Morgan fingerprint density at radius 1 is 1.08 bits per heavy atom. The first-order chi connectivity index (χ1) is 11.3. The lowest BCUT2D eigenvalue weighted by atomic mass is 10.0. The van der Waals surface area contributed by atoms with Gasteiger partial charge in [0.1, 0.15) is 5.15 Å². The van der Waals surface area contributed by atoms with Crippen LogP contribution in [0.4, 0.5) is 0 Å². The van der Waals surface area contributed by atoms with E-state index in [0.29, 0.717) is 10.9 Å². The standard InChI is InChI=1S/C18H21ClN4O/c1-18(2,3)22-17(23(4)24)21-16(13-8-6-5-7-9-13)14-10-11-15(19)20-12-14/h5-12,24H,1-4H3. The zero-order chi connectivity index (χ0) is 17.7. The van der Waals surface area contributed by atoms with E-state index < -0.39 is 0 Å². The molecule has 2 aromatic rings. The van der Waals surface area contributed by atoms with E-state index in [1.54, 1.807) is 12.3 Å². The van der Waals surface area contributed by atoms with Crippen molar-refractivity contribution in [3.05, 3.63) is 64.9 Å². The molecule has 0 fully saturated rings. The van der Waals surface area contributed by atoms with Crippen LogP contribution in [0.2, 0.25) is 5.15 Å². The minimum atomic E-state index is -0.379. The molecule has 0 spiro atoms. The number of nitrogens with zero attached hydrogens (tertiary/aromatic N) is 4. The summed E-state index contributed by atoms with van der Waals surface area (Å²) in [5.74, 6) is 0.219. The highest BCUT2D eigenvalue weighted by Gasteiger charge is 2.15. The lowest BCUT2D eigenvalue weighted by Gasteiger charge is -2.18. The van der Waals surface area contributed by atoms with E-state index in [0.717, 1.165) is 16.2 Å². The number of rotatable bonds is 2. The lowest BCUT2D eigenvalue weighted by molar-refractivity contribution is 0.0112. The average Bonchev–Trinajstić information content (AvgIpc) is 2.52. The molecule has 0 aliphatic rings. The lowest BCUT2D eigenvalue weighted by Crippen LogP contribution is -2.27. The number of benzene rings is 1. The second-order valence-electron chi connectivity index (χ2n) is 6.30. The molecule has 0 saturated carbocycles. The van der Waals surface area contributed by atoms with E-state index in [1.807, 2.05) is 57.2 Å². The molecule has 1 heterocycles. The Hall–Kier alpha value is -2.24. The molecule has 0 atom stereocenters. The van der Waals surface area contributed by atoms with Crippen LogP contribution < -0.4 is 0 Å². The average molecular weight is 345 g/mol. The maximum Gasteiger partial charge on any atom is 0.245 e. The van der Waals surface area contributed by atoms with Gasteiger partial charge in [-0.25, -0.2) is 20.0 Å². The Balaban J connectivity index is 2.61. The third kappa shape index (κ3) is 5.15. The number of hydrogen-bond acceptors (Lipinski definition) is 3. The Kier molecular flexibility index (Phi) is 5.70. The number of halogens is 1. The van der Waals surface area contributed by atoms with Crippen molar-refractivity contribution in [3.63, 3.8) is 0 Å². The van der Waals surface area contributed by atoms with Gasteiger partial charge in [-0.05, 0) is 32.9 Å². The van der Waals surface area contributed by atoms with Crippen LogP contribution in [0, 0.1) is 0 Å². The van der Waals surface area contributed by atoms with Gasteiger partial charge in [0.15, 0.2) is 0 Å². The molecule has 2 rings (SSSR count). The maximum absolute atomic E-state index is 9.92. The van der Waals surface area contributed by atoms with Gasteiger partial charge in [0.05, 0.1) is 11.3 Å². The second kappa shape index (κ2) is 7.55. The van der Waals surface area contributed by atoms with Crippen molar-refractivity contribution in [2.45, 2.75) is 26.3 Å². The van der Waals surface area contributed by atoms with Gasteiger partial charge in [0.2, 0.25) is 5.96 Å². The largest absolute Gasteiger partial charge is 0.286 e. The summed E-state index contributed by atoms with van der Waals surface area (Å²) in [5, 5.41) is 11.2. The Labute approximate surface area is 147 Å². The highest BCUT2D eigenvalue weighted by molar-refractivity contribution is 6.29. The first-order valence-corrected chi connectivity index (χ1v) is 7.92. The first kappa shape index (κ1) is 18.1. The van der Waals surface area contributed by atoms with Crippen LogP contribution in [0.15, 0.2) is 58.6 Å². The molecule has 6 heteroatoms. The molecule has 1 N–H and O–H groups in total. The molecule has 1 aromatic carbocycles. The fourth-order valence-corrected chi connectivity index (χ4v) is 2.09. The summed E-state index contributed by atoms with van der Waals surface area (Å²) in [7, 11) is 1.50. The number of aliphatic imine (C=N–C) groups is 2. The van der Waals surface area contributed by atoms with Gasteiger partial charge in [-0.2, -0.15) is 0 Å². The van der Waals surface area contributed by atoms with E-state index in [-0.39, 0.29) is 11.5 Å². The summed E-state index contributed by atoms with van der Waals surface area (Å²) >= 11 is 5.88. The third-order valence-electron chi connectivity index (χ3n) is 2.98. The van der Waals surface area contributed by atoms with Crippen molar-refractivity contribution < 1.29 is 5.21 Å². The van der Waals surface area contributed by atoms with Crippen molar-refractivity contribution >= 4 is 23.3 Å². The van der Waals surface area contributed by atoms with E-state index in [9.17, 15) is 5.21 Å². The summed E-state index contributed by atoms with van der Waals surface area (Å²) in [6, 6.07) is 13.2. The molecule has 0 bridgehead atoms. The van der Waals surface area contributed by atoms with E-state index >= 15 is 0 Å². The molecule has 5 nitrogen and oxygen atoms in total. The smallest absolute Gasteiger partial charge is 0.245 e. The highest BCUT2D eigenvalue weighted by Crippen LogP contribution is 2.15. The number of hydrogen-bond donors (Lipinski definition) is 1. The van der Waals surface area contributed by atoms with Crippen LogP contribution in [0.1, 0.15) is 31.9 Å². The fourth-order valence-electron chi connectivity index (χ4n) is 1.98. The summed E-state index contributed by atoms with van der Waals surface area (Å²) < 4.78 is 0. The Morgan fingerprint density at radius 2 is 1.75 bits per heavy atom. The summed E-state index contributed by atoms with van der Waals surface area (Å²) in [4.78, 5) is 13.2. The number of pyridine rings is 1. The highest BCUT2D eigenvalue weighted by atomic mass is 35.5. The summed E-state index contributed by atoms with van der Waals surface area (Å²) in [6.07, 6.45) is 1.65. The second-order valence-corrected chi connectivity index (χ2v) is 6.69. The predicted molar refractivity (Wildman–Crippen MR) is 98.1 cm³/mol. The molecule has 0 aliphatic heterocycles. The number of hydroxylamine groups is 2. The van der Waals surface area contributed by atoms with E-state index in [4.69, 9.17) is 11.6 Å². The van der Waals surface area contributed by atoms with Gasteiger partial charge in [-0.15, -0.1) is 0 Å². The molecule has 24 heavy (non-hydrogen) atoms. The topological polar surface area (TPSA) is 61.1 Å². The maximum atomic E-state index is 9.92. The SMILES string of the molecule is CN(O)C(N=C(c1ccccc1)c1ccc(Cl)nc1)=NC(C)(C)C. The van der Waals surface area contributed by atoms with Crippen LogP contribution in [0.3, 0.4) is 0 Å². The minimum Gasteiger partial charge on any atom is -0.286 e. The van der Waals surface area contributed by atoms with Gasteiger partial charge in [0, 0.05) is 24.4 Å². The van der Waals surface area contributed by atoms with Crippen LogP contribution >= 0.6 is 11.6 Å². The Morgan fingerprint density at radius 3 is 2.25 bits per heavy atom. The van der Waals surface area contributed by atoms with Crippen molar-refractivity contribution in [3.8, 4) is 0 Å². The van der Waals surface area contributed by atoms with Crippen LogP contribution in [-0.4, -0.2) is 39.5 Å². The Bertz CT molecular complexity index is 732. The number of guanidine groups is 1. The van der Waals surface area contributed by atoms with Gasteiger partial charge in [-0.3, -0.25) is 5.21 Å². The van der Waals surface area contributed by atoms with Crippen molar-refractivity contribution in [1.29, 1.82) is 0 Å². The minimum absolute atomic E-state index is 0.219. The van der Waals surface area contributed by atoms with Crippen molar-refractivity contribution in [2.75, 3.05) is 7.05 Å². The van der Waals surface area contributed by atoms with Gasteiger partial charge in [0.25, 0.3) is 0 Å². The monoisotopic (exact) mass is 344 g/mol. The molecule has 126 valence electrons. The van der Waals surface area contributed by atoms with Gasteiger partial charge >= 0.3 is 0 Å². The van der Waals surface area contributed by atoms with Crippen molar-refractivity contribution in [1.82, 2.24) is 10.0 Å². The van der Waals surface area contributed by atoms with E-state index in [2.05, 4.69) is 15.0 Å². The van der Waals surface area contributed by atoms with Crippen LogP contribution in [0.5, 0.6) is 0 Å². The van der Waals surface area contributed by atoms with Crippen molar-refractivity contribution in [2.24, 2.45) is 9.98 Å². The third-order valence-corrected chi connectivity index (χ3v) is 3.21. The zero-order valence-corrected chi connectivity index (χ0v) is 15.0. The van der Waals surface area contributed by atoms with E-state index in [1.165, 1.54) is 7.05 Å².